The number of sulfonamides is 1. The number of hydrogen-bond donors (Lipinski definition) is 2. The van der Waals surface area contributed by atoms with Gasteiger partial charge in [-0.3, -0.25) is 4.72 Å². The van der Waals surface area contributed by atoms with Gasteiger partial charge in [-0.05, 0) is 67.4 Å². The van der Waals surface area contributed by atoms with Crippen LogP contribution in [0.4, 0.5) is 10.1 Å². The lowest BCUT2D eigenvalue weighted by molar-refractivity contribution is 0.0842. The van der Waals surface area contributed by atoms with E-state index in [0.29, 0.717) is 24.5 Å². The van der Waals surface area contributed by atoms with Crippen molar-refractivity contribution in [2.75, 3.05) is 17.9 Å². The number of fused-ring (bicyclic) bond motifs is 1. The van der Waals surface area contributed by atoms with Crippen LogP contribution in [0.3, 0.4) is 0 Å². The highest BCUT2D eigenvalue weighted by Crippen LogP contribution is 2.36. The van der Waals surface area contributed by atoms with Crippen LogP contribution in [-0.2, 0) is 14.8 Å². The van der Waals surface area contributed by atoms with E-state index < -0.39 is 10.0 Å². The topological polar surface area (TPSA) is 84.2 Å². The van der Waals surface area contributed by atoms with Crippen LogP contribution in [-0.4, -0.2) is 32.4 Å². The van der Waals surface area contributed by atoms with E-state index in [1.165, 1.54) is 24.3 Å². The first-order valence-electron chi connectivity index (χ1n) is 11.1. The fraction of sp³-hybridized carbons (Fsp3) is 0.192. The largest absolute Gasteiger partial charge is 0.381 e. The van der Waals surface area contributed by atoms with E-state index >= 15 is 0 Å². The van der Waals surface area contributed by atoms with E-state index in [-0.39, 0.29) is 16.6 Å². The number of rotatable bonds is 6. The summed E-state index contributed by atoms with van der Waals surface area (Å²) in [6.07, 6.45) is 2.86. The molecule has 8 heteroatoms. The summed E-state index contributed by atoms with van der Waals surface area (Å²) >= 11 is 0. The van der Waals surface area contributed by atoms with Gasteiger partial charge < -0.3 is 14.7 Å². The van der Waals surface area contributed by atoms with Gasteiger partial charge in [0.15, 0.2) is 0 Å². The molecule has 0 saturated carbocycles. The highest BCUT2D eigenvalue weighted by molar-refractivity contribution is 7.92. The molecule has 2 heterocycles. The number of ether oxygens (including phenoxy) is 1. The fourth-order valence-corrected chi connectivity index (χ4v) is 5.58. The van der Waals surface area contributed by atoms with Crippen LogP contribution >= 0.6 is 0 Å². The van der Waals surface area contributed by atoms with Crippen molar-refractivity contribution in [3.05, 3.63) is 89.9 Å². The zero-order valence-electron chi connectivity index (χ0n) is 18.4. The Hall–Kier alpha value is -3.49. The molecule has 34 heavy (non-hydrogen) atoms. The molecule has 174 valence electrons. The van der Waals surface area contributed by atoms with Gasteiger partial charge in [0.2, 0.25) is 0 Å². The summed E-state index contributed by atoms with van der Waals surface area (Å²) in [7, 11) is -3.81. The molecule has 5 rings (SSSR count). The van der Waals surface area contributed by atoms with E-state index in [4.69, 9.17) is 10.1 Å². The van der Waals surface area contributed by atoms with Crippen LogP contribution in [0.15, 0.2) is 77.7 Å². The van der Waals surface area contributed by atoms with Crippen molar-refractivity contribution in [1.82, 2.24) is 4.57 Å². The van der Waals surface area contributed by atoms with Crippen LogP contribution in [0.25, 0.3) is 16.6 Å². The summed E-state index contributed by atoms with van der Waals surface area (Å²) in [6.45, 7) is 1.34. The molecule has 0 radical (unpaired) electrons. The Bertz CT molecular complexity index is 1440. The van der Waals surface area contributed by atoms with E-state index in [1.807, 2.05) is 0 Å². The second-order valence-corrected chi connectivity index (χ2v) is 10.0. The molecule has 2 N–H and O–H groups in total. The minimum absolute atomic E-state index is 0.151. The SMILES string of the molecule is N=Cc1cc2c(cc1NS(=O)(=O)c1ccccc1)cc(C1CCOCC1)n2-c1ccc(F)cc1. The maximum atomic E-state index is 13.6. The summed E-state index contributed by atoms with van der Waals surface area (Å²) in [5, 5.41) is 8.78. The number of nitrogens with one attached hydrogen (secondary N) is 2. The minimum Gasteiger partial charge on any atom is -0.381 e. The van der Waals surface area contributed by atoms with Crippen molar-refractivity contribution in [2.45, 2.75) is 23.7 Å². The molecular weight excluding hydrogens is 453 g/mol. The molecular formula is C26H24FN3O3S. The highest BCUT2D eigenvalue weighted by atomic mass is 32.2. The molecule has 4 aromatic rings. The molecule has 0 spiro atoms. The maximum Gasteiger partial charge on any atom is 0.261 e. The third-order valence-electron chi connectivity index (χ3n) is 6.18. The Morgan fingerprint density at radius 3 is 2.38 bits per heavy atom. The van der Waals surface area contributed by atoms with Crippen molar-refractivity contribution >= 4 is 32.8 Å². The van der Waals surface area contributed by atoms with Gasteiger partial charge in [-0.25, -0.2) is 12.8 Å². The summed E-state index contributed by atoms with van der Waals surface area (Å²) in [6, 6.07) is 20.1. The van der Waals surface area contributed by atoms with Gasteiger partial charge in [-0.15, -0.1) is 0 Å². The Labute approximate surface area is 197 Å². The van der Waals surface area contributed by atoms with Crippen LogP contribution in [0.1, 0.15) is 30.0 Å². The lowest BCUT2D eigenvalue weighted by Crippen LogP contribution is -2.16. The summed E-state index contributed by atoms with van der Waals surface area (Å²) in [5.74, 6) is -0.0651. The van der Waals surface area contributed by atoms with Crippen LogP contribution in [0.2, 0.25) is 0 Å². The van der Waals surface area contributed by atoms with E-state index in [1.54, 1.807) is 42.5 Å². The summed E-state index contributed by atoms with van der Waals surface area (Å²) in [4.78, 5) is 0.151. The molecule has 0 unspecified atom stereocenters. The highest BCUT2D eigenvalue weighted by Gasteiger charge is 2.24. The maximum absolute atomic E-state index is 13.6. The quantitative estimate of drug-likeness (QED) is 0.362. The van der Waals surface area contributed by atoms with Crippen LogP contribution in [0.5, 0.6) is 0 Å². The Kier molecular flexibility index (Phi) is 5.93. The number of benzene rings is 3. The van der Waals surface area contributed by atoms with Gasteiger partial charge in [0.05, 0.1) is 16.1 Å². The number of hydrogen-bond acceptors (Lipinski definition) is 4. The molecule has 0 atom stereocenters. The number of anilines is 1. The smallest absolute Gasteiger partial charge is 0.261 e. The summed E-state index contributed by atoms with van der Waals surface area (Å²) in [5.41, 5.74) is 3.47. The Balaban J connectivity index is 1.66. The lowest BCUT2D eigenvalue weighted by Gasteiger charge is -2.24. The zero-order chi connectivity index (χ0) is 23.7. The first-order chi connectivity index (χ1) is 16.5. The molecule has 1 fully saturated rings. The summed E-state index contributed by atoms with van der Waals surface area (Å²) < 4.78 is 49.8. The fourth-order valence-electron chi connectivity index (χ4n) is 4.48. The second kappa shape index (κ2) is 9.04. The molecule has 1 saturated heterocycles. The minimum atomic E-state index is -3.81. The molecule has 6 nitrogen and oxygen atoms in total. The average Bonchev–Trinajstić information content (AvgIpc) is 3.23. The van der Waals surface area contributed by atoms with Crippen molar-refractivity contribution in [1.29, 1.82) is 5.41 Å². The van der Waals surface area contributed by atoms with Crippen molar-refractivity contribution in [2.24, 2.45) is 0 Å². The predicted molar refractivity (Wildman–Crippen MR) is 131 cm³/mol. The predicted octanol–water partition coefficient (Wildman–Crippen LogP) is 5.46. The van der Waals surface area contributed by atoms with E-state index in [0.717, 1.165) is 41.3 Å². The third kappa shape index (κ3) is 4.22. The van der Waals surface area contributed by atoms with Crippen LogP contribution in [0, 0.1) is 11.2 Å². The first-order valence-corrected chi connectivity index (χ1v) is 12.6. The average molecular weight is 478 g/mol. The molecule has 1 aliphatic rings. The van der Waals surface area contributed by atoms with Gasteiger partial charge in [0, 0.05) is 47.7 Å². The Morgan fingerprint density at radius 1 is 1.00 bits per heavy atom. The van der Waals surface area contributed by atoms with Gasteiger partial charge in [0.1, 0.15) is 5.82 Å². The van der Waals surface area contributed by atoms with Crippen LogP contribution < -0.4 is 4.72 Å². The molecule has 1 aliphatic heterocycles. The van der Waals surface area contributed by atoms with Crippen molar-refractivity contribution in [3.8, 4) is 5.69 Å². The van der Waals surface area contributed by atoms with E-state index in [2.05, 4.69) is 15.4 Å². The van der Waals surface area contributed by atoms with Gasteiger partial charge >= 0.3 is 0 Å². The van der Waals surface area contributed by atoms with E-state index in [9.17, 15) is 12.8 Å². The van der Waals surface area contributed by atoms with Crippen molar-refractivity contribution in [3.63, 3.8) is 0 Å². The Morgan fingerprint density at radius 2 is 1.71 bits per heavy atom. The molecule has 0 aliphatic carbocycles. The van der Waals surface area contributed by atoms with Gasteiger partial charge in [-0.2, -0.15) is 0 Å². The molecule has 3 aromatic carbocycles. The third-order valence-corrected chi connectivity index (χ3v) is 7.56. The van der Waals surface area contributed by atoms with Crippen molar-refractivity contribution < 1.29 is 17.5 Å². The zero-order valence-corrected chi connectivity index (χ0v) is 19.2. The number of halogens is 1. The molecule has 1 aromatic heterocycles. The normalized spacial score (nSPS) is 14.9. The number of nitrogens with zero attached hydrogens (tertiary/aromatic N) is 1. The molecule has 0 amide bonds. The van der Waals surface area contributed by atoms with Gasteiger partial charge in [0.25, 0.3) is 10.0 Å². The standard InChI is InChI=1S/C26H24FN3O3S/c27-21-6-8-22(9-7-21)30-25(18-10-12-33-13-11-18)15-19-14-24(20(17-28)16-26(19)30)29-34(31,32)23-4-2-1-3-5-23/h1-9,14-18,28-29H,10-13H2. The monoisotopic (exact) mass is 477 g/mol. The molecule has 0 bridgehead atoms. The first kappa shape index (κ1) is 22.3. The lowest BCUT2D eigenvalue weighted by atomic mass is 9.96. The number of aromatic nitrogens is 1. The second-order valence-electron chi connectivity index (χ2n) is 8.33. The van der Waals surface area contributed by atoms with Gasteiger partial charge in [-0.1, -0.05) is 18.2 Å².